The SMILES string of the molecule is CCCCc1n(C)c(=O)c2ccccc2[n+]1CC(=O)c1ccc(Cl)cc1. The van der Waals surface area contributed by atoms with Crippen LogP contribution in [0, 0.1) is 0 Å². The molecular weight excluding hydrogens is 348 g/mol. The predicted molar refractivity (Wildman–Crippen MR) is 104 cm³/mol. The van der Waals surface area contributed by atoms with E-state index in [2.05, 4.69) is 6.92 Å². The lowest BCUT2D eigenvalue weighted by Gasteiger charge is -2.12. The van der Waals surface area contributed by atoms with Gasteiger partial charge in [-0.15, -0.1) is 0 Å². The highest BCUT2D eigenvalue weighted by Crippen LogP contribution is 2.12. The Labute approximate surface area is 157 Å². The summed E-state index contributed by atoms with van der Waals surface area (Å²) in [5, 5.41) is 1.23. The van der Waals surface area contributed by atoms with E-state index >= 15 is 0 Å². The second-order valence-electron chi connectivity index (χ2n) is 6.42. The largest absolute Gasteiger partial charge is 0.345 e. The van der Waals surface area contributed by atoms with Crippen molar-refractivity contribution in [2.24, 2.45) is 7.05 Å². The number of para-hydroxylation sites is 1. The van der Waals surface area contributed by atoms with E-state index in [1.54, 1.807) is 35.9 Å². The zero-order valence-corrected chi connectivity index (χ0v) is 15.8. The summed E-state index contributed by atoms with van der Waals surface area (Å²) in [6, 6.07) is 14.4. The van der Waals surface area contributed by atoms with E-state index in [4.69, 9.17) is 11.6 Å². The van der Waals surface area contributed by atoms with Crippen LogP contribution in [0.5, 0.6) is 0 Å². The summed E-state index contributed by atoms with van der Waals surface area (Å²) in [7, 11) is 1.78. The number of hydrogen-bond donors (Lipinski definition) is 0. The van der Waals surface area contributed by atoms with Gasteiger partial charge in [-0.2, -0.15) is 4.57 Å². The fraction of sp³-hybridized carbons (Fsp3) is 0.286. The normalized spacial score (nSPS) is 11.0. The smallest absolute Gasteiger partial charge is 0.290 e. The molecule has 0 radical (unpaired) electrons. The molecule has 3 rings (SSSR count). The van der Waals surface area contributed by atoms with Gasteiger partial charge >= 0.3 is 5.56 Å². The van der Waals surface area contributed by atoms with Crippen LogP contribution in [0.3, 0.4) is 0 Å². The van der Waals surface area contributed by atoms with E-state index in [0.717, 1.165) is 30.6 Å². The van der Waals surface area contributed by atoms with Gasteiger partial charge in [-0.05, 0) is 42.8 Å². The number of nitrogens with zero attached hydrogens (tertiary/aromatic N) is 2. The Hall–Kier alpha value is -2.46. The second-order valence-corrected chi connectivity index (χ2v) is 6.85. The van der Waals surface area contributed by atoms with Crippen LogP contribution in [-0.2, 0) is 20.0 Å². The molecule has 134 valence electrons. The third-order valence-electron chi connectivity index (χ3n) is 4.65. The van der Waals surface area contributed by atoms with Crippen LogP contribution >= 0.6 is 11.6 Å². The lowest BCUT2D eigenvalue weighted by Crippen LogP contribution is -2.48. The molecule has 26 heavy (non-hydrogen) atoms. The number of carbonyl (C=O) groups excluding carboxylic acids is 1. The van der Waals surface area contributed by atoms with Crippen LogP contribution in [0.25, 0.3) is 10.9 Å². The van der Waals surface area contributed by atoms with E-state index in [-0.39, 0.29) is 17.9 Å². The molecule has 1 heterocycles. The molecule has 0 amide bonds. The summed E-state index contributed by atoms with van der Waals surface area (Å²) in [5.74, 6) is 0.867. The predicted octanol–water partition coefficient (Wildman–Crippen LogP) is 3.70. The highest BCUT2D eigenvalue weighted by Gasteiger charge is 2.23. The van der Waals surface area contributed by atoms with Crippen molar-refractivity contribution >= 4 is 28.3 Å². The second kappa shape index (κ2) is 7.83. The minimum Gasteiger partial charge on any atom is -0.290 e. The third kappa shape index (κ3) is 3.56. The molecule has 2 aromatic carbocycles. The van der Waals surface area contributed by atoms with E-state index in [1.807, 2.05) is 28.8 Å². The Bertz CT molecular complexity index is 1010. The summed E-state index contributed by atoms with van der Waals surface area (Å²) in [4.78, 5) is 25.5. The molecule has 5 heteroatoms. The monoisotopic (exact) mass is 369 g/mol. The molecule has 0 saturated heterocycles. The molecule has 0 bridgehead atoms. The molecule has 1 aromatic heterocycles. The average molecular weight is 370 g/mol. The molecular formula is C21H22ClN2O2+. The van der Waals surface area contributed by atoms with Gasteiger partial charge in [0.25, 0.3) is 5.82 Å². The number of rotatable bonds is 6. The van der Waals surface area contributed by atoms with Gasteiger partial charge in [-0.25, -0.2) is 9.36 Å². The first-order valence-electron chi connectivity index (χ1n) is 8.82. The fourth-order valence-corrected chi connectivity index (χ4v) is 3.32. The molecule has 0 saturated carbocycles. The molecule has 4 nitrogen and oxygen atoms in total. The van der Waals surface area contributed by atoms with Crippen LogP contribution < -0.4 is 10.1 Å². The first-order valence-corrected chi connectivity index (χ1v) is 9.20. The Morgan fingerprint density at radius 3 is 2.50 bits per heavy atom. The van der Waals surface area contributed by atoms with E-state index in [9.17, 15) is 9.59 Å². The van der Waals surface area contributed by atoms with Crippen molar-refractivity contribution in [3.63, 3.8) is 0 Å². The first-order chi connectivity index (χ1) is 12.5. The van der Waals surface area contributed by atoms with Crippen LogP contribution in [-0.4, -0.2) is 10.4 Å². The summed E-state index contributed by atoms with van der Waals surface area (Å²) < 4.78 is 3.65. The number of unbranched alkanes of at least 4 members (excludes halogenated alkanes) is 1. The average Bonchev–Trinajstić information content (AvgIpc) is 2.66. The molecule has 0 fully saturated rings. The zero-order valence-electron chi connectivity index (χ0n) is 15.0. The Morgan fingerprint density at radius 2 is 1.81 bits per heavy atom. The van der Waals surface area contributed by atoms with Gasteiger partial charge in [-0.1, -0.05) is 37.1 Å². The van der Waals surface area contributed by atoms with Gasteiger partial charge < -0.3 is 0 Å². The van der Waals surface area contributed by atoms with Crippen molar-refractivity contribution in [2.75, 3.05) is 0 Å². The van der Waals surface area contributed by atoms with Crippen LogP contribution in [0.15, 0.2) is 53.3 Å². The van der Waals surface area contributed by atoms with Crippen molar-refractivity contribution in [3.05, 3.63) is 75.3 Å². The van der Waals surface area contributed by atoms with E-state index in [1.165, 1.54) is 0 Å². The molecule has 0 unspecified atom stereocenters. The summed E-state index contributed by atoms with van der Waals surface area (Å²) in [6.07, 6.45) is 2.73. The molecule has 0 aliphatic carbocycles. The zero-order chi connectivity index (χ0) is 18.7. The van der Waals surface area contributed by atoms with Gasteiger partial charge in [0.1, 0.15) is 10.9 Å². The quantitative estimate of drug-likeness (QED) is 0.491. The fourth-order valence-electron chi connectivity index (χ4n) is 3.19. The number of hydrogen-bond acceptors (Lipinski definition) is 2. The van der Waals surface area contributed by atoms with E-state index < -0.39 is 0 Å². The molecule has 0 atom stereocenters. The van der Waals surface area contributed by atoms with Crippen molar-refractivity contribution in [3.8, 4) is 0 Å². The lowest BCUT2D eigenvalue weighted by atomic mass is 10.1. The summed E-state index contributed by atoms with van der Waals surface area (Å²) in [6.45, 7) is 2.30. The maximum atomic E-state index is 12.8. The van der Waals surface area contributed by atoms with Gasteiger partial charge in [0.05, 0.1) is 7.05 Å². The van der Waals surface area contributed by atoms with Crippen molar-refractivity contribution in [1.29, 1.82) is 0 Å². The Kier molecular flexibility index (Phi) is 5.52. The lowest BCUT2D eigenvalue weighted by molar-refractivity contribution is -0.669. The van der Waals surface area contributed by atoms with Gasteiger partial charge in [-0.3, -0.25) is 4.79 Å². The van der Waals surface area contributed by atoms with Crippen molar-refractivity contribution in [2.45, 2.75) is 32.7 Å². The maximum Gasteiger partial charge on any atom is 0.345 e. The van der Waals surface area contributed by atoms with Gasteiger partial charge in [0.15, 0.2) is 6.54 Å². The van der Waals surface area contributed by atoms with E-state index in [0.29, 0.717) is 16.0 Å². The number of fused-ring (bicyclic) bond motifs is 1. The Morgan fingerprint density at radius 1 is 1.12 bits per heavy atom. The van der Waals surface area contributed by atoms with Crippen LogP contribution in [0.4, 0.5) is 0 Å². The first kappa shape index (κ1) is 18.3. The molecule has 0 spiro atoms. The maximum absolute atomic E-state index is 12.8. The number of aromatic nitrogens is 2. The van der Waals surface area contributed by atoms with Gasteiger partial charge in [0.2, 0.25) is 5.78 Å². The molecule has 0 N–H and O–H groups in total. The molecule has 3 aromatic rings. The Balaban J connectivity index is 2.13. The molecule has 0 aliphatic rings. The summed E-state index contributed by atoms with van der Waals surface area (Å²) >= 11 is 5.92. The van der Waals surface area contributed by atoms with Crippen molar-refractivity contribution < 1.29 is 9.36 Å². The van der Waals surface area contributed by atoms with Gasteiger partial charge in [0, 0.05) is 17.0 Å². The standard InChI is InChI=1S/C21H22ClN2O2/c1-3-4-9-20-23(2)21(26)17-7-5-6-8-18(17)24(20)14-19(25)15-10-12-16(22)13-11-15/h5-8,10-13H,3-4,9,14H2,1-2H3/q+1. The number of ketones is 1. The minimum absolute atomic E-state index is 0.00628. The highest BCUT2D eigenvalue weighted by molar-refractivity contribution is 6.30. The minimum atomic E-state index is -0.0260. The number of halogens is 1. The highest BCUT2D eigenvalue weighted by atomic mass is 35.5. The summed E-state index contributed by atoms with van der Waals surface area (Å²) in [5.41, 5.74) is 1.38. The third-order valence-corrected chi connectivity index (χ3v) is 4.90. The topological polar surface area (TPSA) is 43.0 Å². The molecule has 0 aliphatic heterocycles. The number of carbonyl (C=O) groups is 1. The number of Topliss-reactive ketones (excluding diaryl/α,β-unsaturated/α-hetero) is 1. The van der Waals surface area contributed by atoms with Crippen LogP contribution in [0.2, 0.25) is 5.02 Å². The van der Waals surface area contributed by atoms with Crippen molar-refractivity contribution in [1.82, 2.24) is 4.57 Å². The number of benzene rings is 2. The van der Waals surface area contributed by atoms with Crippen LogP contribution in [0.1, 0.15) is 35.9 Å².